The first kappa shape index (κ1) is 24.1. The van der Waals surface area contributed by atoms with Gasteiger partial charge < -0.3 is 14.8 Å². The Hall–Kier alpha value is -4.63. The molecule has 0 bridgehead atoms. The van der Waals surface area contributed by atoms with E-state index >= 15 is 0 Å². The van der Waals surface area contributed by atoms with Crippen LogP contribution in [0.5, 0.6) is 17.2 Å². The summed E-state index contributed by atoms with van der Waals surface area (Å²) in [6.45, 7) is 1.70. The molecule has 10 heteroatoms. The Morgan fingerprint density at radius 2 is 1.84 bits per heavy atom. The first-order valence-electron chi connectivity index (χ1n) is 11.3. The smallest absolute Gasteiger partial charge is 0.284 e. The number of ether oxygens (including phenoxy) is 2. The number of nitrogens with one attached hydrogen (secondary N) is 1. The first-order valence-corrected chi connectivity index (χ1v) is 11.7. The van der Waals surface area contributed by atoms with E-state index in [2.05, 4.69) is 15.3 Å². The number of hydrogen-bond acceptors (Lipinski definition) is 6. The van der Waals surface area contributed by atoms with E-state index in [1.165, 1.54) is 10.9 Å². The largest absolute Gasteiger partial charge is 0.497 e. The maximum absolute atomic E-state index is 13.1. The summed E-state index contributed by atoms with van der Waals surface area (Å²) in [6.07, 6.45) is 3.14. The molecule has 0 radical (unpaired) electrons. The van der Waals surface area contributed by atoms with Crippen LogP contribution in [0.2, 0.25) is 5.02 Å². The van der Waals surface area contributed by atoms with Gasteiger partial charge in [-0.2, -0.15) is 0 Å². The quantitative estimate of drug-likeness (QED) is 0.336. The summed E-state index contributed by atoms with van der Waals surface area (Å²) in [5.74, 6) is 1.49. The van der Waals surface area contributed by atoms with Crippen molar-refractivity contribution >= 4 is 34.2 Å². The lowest BCUT2D eigenvalue weighted by atomic mass is 10.2. The number of benzene rings is 2. The minimum absolute atomic E-state index is 0.0169. The summed E-state index contributed by atoms with van der Waals surface area (Å²) in [5, 5.41) is 4.00. The van der Waals surface area contributed by atoms with E-state index < -0.39 is 11.5 Å². The molecule has 3 aromatic heterocycles. The van der Waals surface area contributed by atoms with Crippen LogP contribution in [0.25, 0.3) is 16.6 Å². The fourth-order valence-electron chi connectivity index (χ4n) is 4.01. The number of rotatable bonds is 6. The number of carbonyl (C=O) groups is 1. The molecule has 0 aliphatic rings. The highest BCUT2D eigenvalue weighted by molar-refractivity contribution is 6.30. The van der Waals surface area contributed by atoms with E-state index in [4.69, 9.17) is 21.1 Å². The van der Waals surface area contributed by atoms with Crippen LogP contribution in [0, 0.1) is 6.92 Å². The Bertz CT molecular complexity index is 1690. The molecule has 1 N–H and O–H groups in total. The van der Waals surface area contributed by atoms with Gasteiger partial charge in [-0.1, -0.05) is 17.7 Å². The van der Waals surface area contributed by atoms with E-state index in [0.717, 1.165) is 10.9 Å². The molecule has 1 amide bonds. The second-order valence-electron chi connectivity index (χ2n) is 8.21. The van der Waals surface area contributed by atoms with Gasteiger partial charge in [0, 0.05) is 29.7 Å². The van der Waals surface area contributed by atoms with Gasteiger partial charge in [-0.15, -0.1) is 0 Å². The number of hydrogen-bond donors (Lipinski definition) is 1. The molecule has 5 aromatic rings. The maximum Gasteiger partial charge on any atom is 0.284 e. The average molecular weight is 516 g/mol. The highest BCUT2D eigenvalue weighted by atomic mass is 35.5. The van der Waals surface area contributed by atoms with Crippen LogP contribution in [0.15, 0.2) is 77.9 Å². The van der Waals surface area contributed by atoms with Crippen molar-refractivity contribution in [1.82, 2.24) is 19.3 Å². The predicted molar refractivity (Wildman–Crippen MR) is 141 cm³/mol. The average Bonchev–Trinajstić information content (AvgIpc) is 3.12. The molecular formula is C27H22ClN5O4. The summed E-state index contributed by atoms with van der Waals surface area (Å²) >= 11 is 6.09. The third-order valence-corrected chi connectivity index (χ3v) is 6.18. The molecular weight excluding hydrogens is 494 g/mol. The molecule has 5 rings (SSSR count). The standard InChI is InChI=1S/C27H22ClN5O4/c1-16-25(27(35)33(32(16)2)18-6-4-5-17(28)13-18)26(34)31-24-10-8-20(15-30-24)37-23-11-12-29-22-14-19(36-3)7-9-21(22)23/h4-15H,1-3H3,(H,30,31,34). The van der Waals surface area contributed by atoms with Crippen LogP contribution in [-0.4, -0.2) is 32.3 Å². The number of methoxy groups -OCH3 is 1. The second kappa shape index (κ2) is 9.79. The van der Waals surface area contributed by atoms with Crippen LogP contribution in [0.3, 0.4) is 0 Å². The number of pyridine rings is 2. The molecule has 9 nitrogen and oxygen atoms in total. The Kier molecular flexibility index (Phi) is 6.37. The van der Waals surface area contributed by atoms with Crippen LogP contribution >= 0.6 is 11.6 Å². The molecule has 3 heterocycles. The van der Waals surface area contributed by atoms with E-state index in [0.29, 0.717) is 33.7 Å². The zero-order valence-electron chi connectivity index (χ0n) is 20.2. The Balaban J connectivity index is 1.36. The third-order valence-electron chi connectivity index (χ3n) is 5.95. The number of nitrogens with zero attached hydrogens (tertiary/aromatic N) is 4. The third kappa shape index (κ3) is 4.64. The SMILES string of the molecule is COc1ccc2c(Oc3ccc(NC(=O)c4c(C)n(C)n(-c5cccc(Cl)c5)c4=O)nc3)ccnc2c1. The molecule has 0 saturated carbocycles. The Morgan fingerprint density at radius 3 is 2.57 bits per heavy atom. The number of amides is 1. The van der Waals surface area contributed by atoms with Crippen LogP contribution in [0.1, 0.15) is 16.1 Å². The lowest BCUT2D eigenvalue weighted by Gasteiger charge is -2.10. The van der Waals surface area contributed by atoms with E-state index in [-0.39, 0.29) is 11.4 Å². The van der Waals surface area contributed by atoms with Crippen molar-refractivity contribution in [3.05, 3.63) is 99.7 Å². The van der Waals surface area contributed by atoms with Gasteiger partial charge in [0.05, 0.1) is 30.2 Å². The van der Waals surface area contributed by atoms with Gasteiger partial charge >= 0.3 is 0 Å². The number of carbonyl (C=O) groups excluding carboxylic acids is 1. The molecule has 2 aromatic carbocycles. The van der Waals surface area contributed by atoms with Crippen molar-refractivity contribution in [3.8, 4) is 22.9 Å². The Morgan fingerprint density at radius 1 is 1.03 bits per heavy atom. The number of aromatic nitrogens is 4. The topological polar surface area (TPSA) is 100 Å². The van der Waals surface area contributed by atoms with Gasteiger partial charge in [-0.3, -0.25) is 19.3 Å². The zero-order valence-corrected chi connectivity index (χ0v) is 21.0. The molecule has 0 aliphatic heterocycles. The molecule has 37 heavy (non-hydrogen) atoms. The van der Waals surface area contributed by atoms with Crippen molar-refractivity contribution in [1.29, 1.82) is 0 Å². The predicted octanol–water partition coefficient (Wildman–Crippen LogP) is 5.13. The van der Waals surface area contributed by atoms with Crippen LogP contribution < -0.4 is 20.3 Å². The van der Waals surface area contributed by atoms with Crippen molar-refractivity contribution in [2.24, 2.45) is 7.05 Å². The molecule has 0 unspecified atom stereocenters. The summed E-state index contributed by atoms with van der Waals surface area (Å²) < 4.78 is 14.3. The normalized spacial score (nSPS) is 10.9. The van der Waals surface area contributed by atoms with Gasteiger partial charge in [-0.25, -0.2) is 9.67 Å². The summed E-state index contributed by atoms with van der Waals surface area (Å²) in [7, 11) is 3.30. The lowest BCUT2D eigenvalue weighted by molar-refractivity contribution is 0.102. The van der Waals surface area contributed by atoms with Gasteiger partial charge in [0.2, 0.25) is 0 Å². The summed E-state index contributed by atoms with van der Waals surface area (Å²) in [5.41, 5.74) is 1.35. The first-order chi connectivity index (χ1) is 17.9. The van der Waals surface area contributed by atoms with Crippen molar-refractivity contribution < 1.29 is 14.3 Å². The molecule has 186 valence electrons. The van der Waals surface area contributed by atoms with Crippen LogP contribution in [-0.2, 0) is 7.05 Å². The lowest BCUT2D eigenvalue weighted by Crippen LogP contribution is -2.25. The minimum Gasteiger partial charge on any atom is -0.497 e. The number of halogens is 1. The van der Waals surface area contributed by atoms with Crippen molar-refractivity contribution in [2.45, 2.75) is 6.92 Å². The number of anilines is 1. The molecule has 0 saturated heterocycles. The van der Waals surface area contributed by atoms with E-state index in [1.54, 1.807) is 74.4 Å². The monoisotopic (exact) mass is 515 g/mol. The van der Waals surface area contributed by atoms with Crippen molar-refractivity contribution in [3.63, 3.8) is 0 Å². The summed E-state index contributed by atoms with van der Waals surface area (Å²) in [4.78, 5) is 34.8. The van der Waals surface area contributed by atoms with Gasteiger partial charge in [0.25, 0.3) is 11.5 Å². The highest BCUT2D eigenvalue weighted by Crippen LogP contribution is 2.30. The highest BCUT2D eigenvalue weighted by Gasteiger charge is 2.22. The fourth-order valence-corrected chi connectivity index (χ4v) is 4.19. The van der Waals surface area contributed by atoms with Gasteiger partial charge in [0.1, 0.15) is 28.6 Å². The second-order valence-corrected chi connectivity index (χ2v) is 8.64. The molecule has 0 atom stereocenters. The molecule has 0 spiro atoms. The Labute approximate surface area is 216 Å². The molecule has 0 aliphatic carbocycles. The zero-order chi connectivity index (χ0) is 26.1. The van der Waals surface area contributed by atoms with Crippen LogP contribution in [0.4, 0.5) is 5.82 Å². The van der Waals surface area contributed by atoms with Gasteiger partial charge in [-0.05, 0) is 55.5 Å². The minimum atomic E-state index is -0.561. The molecule has 0 fully saturated rings. The van der Waals surface area contributed by atoms with Crippen molar-refractivity contribution in [2.75, 3.05) is 12.4 Å². The number of fused-ring (bicyclic) bond motifs is 1. The maximum atomic E-state index is 13.1. The fraction of sp³-hybridized carbons (Fsp3) is 0.111. The summed E-state index contributed by atoms with van der Waals surface area (Å²) in [6, 6.07) is 17.4. The van der Waals surface area contributed by atoms with E-state index in [1.807, 2.05) is 18.2 Å². The van der Waals surface area contributed by atoms with Gasteiger partial charge in [0.15, 0.2) is 0 Å². The van der Waals surface area contributed by atoms with E-state index in [9.17, 15) is 9.59 Å².